The van der Waals surface area contributed by atoms with Crippen molar-refractivity contribution in [2.45, 2.75) is 360 Å². The van der Waals surface area contributed by atoms with Crippen molar-refractivity contribution in [1.29, 1.82) is 0 Å². The standard InChI is InChI=1S/C66H131N2O7P/c1-7-10-13-16-19-22-25-28-30-32-33-34-35-37-38-40-43-46-49-52-55-58-65(69)67-63(62-74-76(71,72)73-61-60-68(4,5)6)64(57-54-51-48-45-42-27-24-21-18-15-12-9-3)75-66(70)59-56-53-50-47-44-41-39-36-31-29-26-23-20-17-14-11-8-2/h54,57,63-64H,7-53,55-56,58-62H2,1-6H3,(H-,67,69,71,72)/p+1/b57-54+. The summed E-state index contributed by atoms with van der Waals surface area (Å²) >= 11 is 0. The lowest BCUT2D eigenvalue weighted by Crippen LogP contribution is -2.47. The summed E-state index contributed by atoms with van der Waals surface area (Å²) in [7, 11) is 1.52. The molecule has 10 heteroatoms. The van der Waals surface area contributed by atoms with E-state index in [1.807, 2.05) is 33.3 Å². The number of hydrogen-bond acceptors (Lipinski definition) is 6. The Morgan fingerprint density at radius 3 is 1.08 bits per heavy atom. The normalized spacial score (nSPS) is 13.6. The molecule has 0 aliphatic rings. The van der Waals surface area contributed by atoms with Gasteiger partial charge in [-0.1, -0.05) is 316 Å². The second kappa shape index (κ2) is 57.0. The van der Waals surface area contributed by atoms with Crippen LogP contribution in [0.3, 0.4) is 0 Å². The maximum absolute atomic E-state index is 13.6. The summed E-state index contributed by atoms with van der Waals surface area (Å²) in [6.07, 6.45) is 66.4. The first-order chi connectivity index (χ1) is 36.9. The molecule has 0 spiro atoms. The third-order valence-electron chi connectivity index (χ3n) is 15.5. The molecule has 0 heterocycles. The summed E-state index contributed by atoms with van der Waals surface area (Å²) in [5.41, 5.74) is 0. The van der Waals surface area contributed by atoms with Crippen LogP contribution in [-0.2, 0) is 27.9 Å². The molecule has 0 aromatic heterocycles. The maximum atomic E-state index is 13.6. The van der Waals surface area contributed by atoms with Crippen LogP contribution < -0.4 is 5.32 Å². The number of amides is 1. The Labute approximate surface area is 473 Å². The van der Waals surface area contributed by atoms with Crippen molar-refractivity contribution in [3.8, 4) is 0 Å². The van der Waals surface area contributed by atoms with E-state index in [2.05, 4.69) is 26.1 Å². The molecule has 0 rings (SSSR count). The highest BCUT2D eigenvalue weighted by atomic mass is 31.2. The highest BCUT2D eigenvalue weighted by molar-refractivity contribution is 7.47. The first kappa shape index (κ1) is 74.8. The second-order valence-electron chi connectivity index (χ2n) is 24.4. The minimum absolute atomic E-state index is 0.0459. The van der Waals surface area contributed by atoms with Gasteiger partial charge in [0.05, 0.1) is 33.8 Å². The zero-order valence-electron chi connectivity index (χ0n) is 51.8. The van der Waals surface area contributed by atoms with E-state index in [4.69, 9.17) is 13.8 Å². The Balaban J connectivity index is 5.11. The minimum Gasteiger partial charge on any atom is -0.456 e. The molecule has 3 unspecified atom stereocenters. The number of rotatable bonds is 62. The van der Waals surface area contributed by atoms with E-state index in [9.17, 15) is 19.0 Å². The van der Waals surface area contributed by atoms with Gasteiger partial charge in [-0.15, -0.1) is 0 Å². The Bertz CT molecular complexity index is 1310. The molecule has 0 aliphatic carbocycles. The van der Waals surface area contributed by atoms with Crippen LogP contribution in [0.2, 0.25) is 0 Å². The molecule has 2 N–H and O–H groups in total. The van der Waals surface area contributed by atoms with Crippen molar-refractivity contribution >= 4 is 19.7 Å². The fraction of sp³-hybridized carbons (Fsp3) is 0.939. The van der Waals surface area contributed by atoms with Gasteiger partial charge in [-0.25, -0.2) is 4.57 Å². The van der Waals surface area contributed by atoms with E-state index in [-0.39, 0.29) is 25.1 Å². The number of likely N-dealkylation sites (N-methyl/N-ethyl adjacent to an activating group) is 1. The van der Waals surface area contributed by atoms with E-state index in [0.717, 1.165) is 57.8 Å². The van der Waals surface area contributed by atoms with Gasteiger partial charge >= 0.3 is 13.8 Å². The predicted molar refractivity (Wildman–Crippen MR) is 328 cm³/mol. The highest BCUT2D eigenvalue weighted by Crippen LogP contribution is 2.43. The summed E-state index contributed by atoms with van der Waals surface area (Å²) < 4.78 is 30.8. The molecular formula is C66H132N2O7P+. The molecule has 0 saturated carbocycles. The van der Waals surface area contributed by atoms with Crippen LogP contribution in [-0.4, -0.2) is 74.3 Å². The average molecular weight is 1100 g/mol. The van der Waals surface area contributed by atoms with E-state index in [0.29, 0.717) is 23.9 Å². The molecule has 0 bridgehead atoms. The van der Waals surface area contributed by atoms with Crippen molar-refractivity contribution in [2.75, 3.05) is 40.9 Å². The summed E-state index contributed by atoms with van der Waals surface area (Å²) in [6, 6.07) is -0.840. The number of hydrogen-bond donors (Lipinski definition) is 2. The zero-order chi connectivity index (χ0) is 55.7. The van der Waals surface area contributed by atoms with Crippen LogP contribution in [0.1, 0.15) is 348 Å². The van der Waals surface area contributed by atoms with Gasteiger partial charge in [-0.3, -0.25) is 18.6 Å². The molecule has 0 aromatic rings. The molecule has 0 fully saturated rings. The van der Waals surface area contributed by atoms with Crippen molar-refractivity contribution in [2.24, 2.45) is 0 Å². The van der Waals surface area contributed by atoms with Crippen molar-refractivity contribution in [3.05, 3.63) is 12.2 Å². The first-order valence-electron chi connectivity index (χ1n) is 33.5. The highest BCUT2D eigenvalue weighted by Gasteiger charge is 2.30. The number of esters is 1. The van der Waals surface area contributed by atoms with Gasteiger partial charge in [-0.05, 0) is 31.8 Å². The lowest BCUT2D eigenvalue weighted by Gasteiger charge is -2.27. The SMILES string of the molecule is CCCCCCCCCCCC/C=C/C(OC(=O)CCCCCCCCCCCCCCCCCCC)C(COP(=O)(O)OCC[N+](C)(C)C)NC(=O)CCCCCCCCCCCCCCCCCCCCCCC. The average Bonchev–Trinajstić information content (AvgIpc) is 3.38. The number of phosphoric ester groups is 1. The lowest BCUT2D eigenvalue weighted by atomic mass is 10.0. The number of carbonyl (C=O) groups is 2. The fourth-order valence-corrected chi connectivity index (χ4v) is 11.0. The van der Waals surface area contributed by atoms with Crippen molar-refractivity contribution in [3.63, 3.8) is 0 Å². The van der Waals surface area contributed by atoms with Crippen LogP contribution in [0.4, 0.5) is 0 Å². The zero-order valence-corrected chi connectivity index (χ0v) is 52.7. The van der Waals surface area contributed by atoms with E-state index >= 15 is 0 Å². The number of nitrogens with zero attached hydrogens (tertiary/aromatic N) is 1. The molecule has 0 aliphatic heterocycles. The maximum Gasteiger partial charge on any atom is 0.472 e. The quantitative estimate of drug-likeness (QED) is 0.0205. The first-order valence-corrected chi connectivity index (χ1v) is 35.0. The molecule has 76 heavy (non-hydrogen) atoms. The second-order valence-corrected chi connectivity index (χ2v) is 25.8. The van der Waals surface area contributed by atoms with E-state index in [1.54, 1.807) is 0 Å². The third-order valence-corrected chi connectivity index (χ3v) is 16.5. The van der Waals surface area contributed by atoms with Crippen LogP contribution >= 0.6 is 7.82 Å². The Morgan fingerprint density at radius 1 is 0.447 bits per heavy atom. The summed E-state index contributed by atoms with van der Waals surface area (Å²) in [6.45, 7) is 7.08. The van der Waals surface area contributed by atoms with Gasteiger partial charge in [0.1, 0.15) is 19.3 Å². The third kappa shape index (κ3) is 57.4. The molecule has 0 aromatic carbocycles. The Morgan fingerprint density at radius 2 is 0.750 bits per heavy atom. The number of phosphoric acid groups is 1. The van der Waals surface area contributed by atoms with Gasteiger partial charge in [0.25, 0.3) is 0 Å². The number of carbonyl (C=O) groups excluding carboxylic acids is 2. The number of quaternary nitrogens is 1. The Kier molecular flexibility index (Phi) is 56.1. The van der Waals surface area contributed by atoms with E-state index < -0.39 is 20.0 Å². The van der Waals surface area contributed by atoms with Crippen LogP contribution in [0.25, 0.3) is 0 Å². The molecule has 0 radical (unpaired) electrons. The number of unbranched alkanes of at least 4 members (excludes halogenated alkanes) is 46. The molecule has 452 valence electrons. The molecule has 9 nitrogen and oxygen atoms in total. The number of allylic oxidation sites excluding steroid dienone is 1. The molecule has 3 atom stereocenters. The fourth-order valence-electron chi connectivity index (χ4n) is 10.3. The van der Waals surface area contributed by atoms with Gasteiger partial charge < -0.3 is 19.4 Å². The van der Waals surface area contributed by atoms with Crippen LogP contribution in [0, 0.1) is 0 Å². The van der Waals surface area contributed by atoms with Gasteiger partial charge in [0.15, 0.2) is 0 Å². The molecular weight excluding hydrogens is 964 g/mol. The number of nitrogens with one attached hydrogen (secondary N) is 1. The van der Waals surface area contributed by atoms with E-state index in [1.165, 1.54) is 257 Å². The smallest absolute Gasteiger partial charge is 0.456 e. The number of ether oxygens (including phenoxy) is 1. The topological polar surface area (TPSA) is 111 Å². The Hall–Kier alpha value is -1.25. The van der Waals surface area contributed by atoms with Crippen molar-refractivity contribution in [1.82, 2.24) is 5.32 Å². The van der Waals surface area contributed by atoms with Crippen LogP contribution in [0.5, 0.6) is 0 Å². The monoisotopic (exact) mass is 1100 g/mol. The minimum atomic E-state index is -4.44. The lowest BCUT2D eigenvalue weighted by molar-refractivity contribution is -0.870. The van der Waals surface area contributed by atoms with Gasteiger partial charge in [0.2, 0.25) is 5.91 Å². The summed E-state index contributed by atoms with van der Waals surface area (Å²) in [4.78, 5) is 37.8. The molecule has 0 saturated heterocycles. The molecule has 1 amide bonds. The van der Waals surface area contributed by atoms with Crippen LogP contribution in [0.15, 0.2) is 12.2 Å². The van der Waals surface area contributed by atoms with Crippen molar-refractivity contribution < 1.29 is 37.3 Å². The van der Waals surface area contributed by atoms with Gasteiger partial charge in [-0.2, -0.15) is 0 Å². The largest absolute Gasteiger partial charge is 0.472 e. The van der Waals surface area contributed by atoms with Gasteiger partial charge in [0, 0.05) is 12.8 Å². The predicted octanol–water partition coefficient (Wildman–Crippen LogP) is 20.7. The summed E-state index contributed by atoms with van der Waals surface area (Å²) in [5, 5.41) is 3.07. The summed E-state index contributed by atoms with van der Waals surface area (Å²) in [5.74, 6) is -0.480.